The highest BCUT2D eigenvalue weighted by Gasteiger charge is 2.22. The molecule has 6 atom stereocenters. The third kappa shape index (κ3) is 18.1. The first-order chi connectivity index (χ1) is 16.5. The number of unbranched alkanes of at least 4 members (excludes halogenated alkanes) is 1. The summed E-state index contributed by atoms with van der Waals surface area (Å²) < 4.78 is 10.9. The summed E-state index contributed by atoms with van der Waals surface area (Å²) in [4.78, 5) is 24.9. The molecule has 2 heterocycles. The van der Waals surface area contributed by atoms with Gasteiger partial charge in [-0.1, -0.05) is 48.0 Å². The van der Waals surface area contributed by atoms with E-state index in [1.165, 1.54) is 12.8 Å². The molecular weight excluding hydrogens is 454 g/mol. The lowest BCUT2D eigenvalue weighted by atomic mass is 9.99. The van der Waals surface area contributed by atoms with Gasteiger partial charge in [-0.05, 0) is 72.3 Å². The molecule has 0 aliphatic carbocycles. The van der Waals surface area contributed by atoms with Crippen LogP contribution in [0.5, 0.6) is 0 Å². The predicted molar refractivity (Wildman–Crippen MR) is 152 cm³/mol. The molecule has 2 fully saturated rings. The zero-order valence-corrected chi connectivity index (χ0v) is 24.3. The fourth-order valence-corrected chi connectivity index (χ4v) is 4.42. The van der Waals surface area contributed by atoms with Crippen LogP contribution in [0.15, 0.2) is 0 Å². The molecule has 0 bridgehead atoms. The highest BCUT2D eigenvalue weighted by molar-refractivity contribution is 5.85. The number of nitrogens with one attached hydrogen (secondary N) is 2. The Balaban J connectivity index is 0. The van der Waals surface area contributed by atoms with Crippen LogP contribution in [0.2, 0.25) is 0 Å². The third-order valence-electron chi connectivity index (χ3n) is 6.71. The van der Waals surface area contributed by atoms with Crippen molar-refractivity contribution in [2.45, 2.75) is 132 Å². The van der Waals surface area contributed by atoms with E-state index in [0.717, 1.165) is 57.6 Å². The smallest absolute Gasteiger partial charge is 0.241 e. The first-order valence-electron chi connectivity index (χ1n) is 14.0. The van der Waals surface area contributed by atoms with Crippen LogP contribution in [-0.4, -0.2) is 74.9 Å². The molecule has 7 heteroatoms. The summed E-state index contributed by atoms with van der Waals surface area (Å²) in [5, 5.41) is 5.98. The van der Waals surface area contributed by atoms with Crippen molar-refractivity contribution in [1.29, 1.82) is 0 Å². The average Bonchev–Trinajstić information content (AvgIpc) is 2.80. The molecule has 0 aromatic carbocycles. The van der Waals surface area contributed by atoms with E-state index >= 15 is 0 Å². The SMILES string of the molecule is C.CCCCN(C)C(=O)CNC(=O)[C@H](C)CCC.CNC1CC(C)O[C@@H](C)C1.C[C@H]1CCO[C@@H](C)C1. The highest BCUT2D eigenvalue weighted by atomic mass is 16.5. The minimum absolute atomic E-state index is 0. The van der Waals surface area contributed by atoms with Gasteiger partial charge in [-0.2, -0.15) is 0 Å². The quantitative estimate of drug-likeness (QED) is 0.429. The Hall–Kier alpha value is -1.18. The maximum atomic E-state index is 11.6. The van der Waals surface area contributed by atoms with Gasteiger partial charge in [-0.3, -0.25) is 9.59 Å². The lowest BCUT2D eigenvalue weighted by molar-refractivity contribution is -0.132. The molecule has 0 aromatic rings. The molecular formula is C29H61N3O4. The van der Waals surface area contributed by atoms with Crippen molar-refractivity contribution in [3.05, 3.63) is 0 Å². The van der Waals surface area contributed by atoms with Gasteiger partial charge in [0.1, 0.15) is 0 Å². The Morgan fingerprint density at radius 1 is 1.00 bits per heavy atom. The summed E-state index contributed by atoms with van der Waals surface area (Å²) in [6, 6.07) is 0.666. The summed E-state index contributed by atoms with van der Waals surface area (Å²) >= 11 is 0. The Labute approximate surface area is 223 Å². The molecule has 2 aliphatic rings. The number of amides is 2. The van der Waals surface area contributed by atoms with Gasteiger partial charge in [0, 0.05) is 32.2 Å². The lowest BCUT2D eigenvalue weighted by Gasteiger charge is -2.31. The van der Waals surface area contributed by atoms with Gasteiger partial charge < -0.3 is 25.0 Å². The second-order valence-electron chi connectivity index (χ2n) is 10.6. The summed E-state index contributed by atoms with van der Waals surface area (Å²) in [5.74, 6) is 0.840. The molecule has 0 saturated carbocycles. The van der Waals surface area contributed by atoms with Crippen molar-refractivity contribution in [1.82, 2.24) is 15.5 Å². The second kappa shape index (κ2) is 21.9. The van der Waals surface area contributed by atoms with Crippen molar-refractivity contribution in [3.63, 3.8) is 0 Å². The van der Waals surface area contributed by atoms with Gasteiger partial charge in [-0.15, -0.1) is 0 Å². The minimum atomic E-state index is -0.0240. The molecule has 7 nitrogen and oxygen atoms in total. The Morgan fingerprint density at radius 3 is 2.06 bits per heavy atom. The van der Waals surface area contributed by atoms with E-state index in [1.54, 1.807) is 11.9 Å². The number of rotatable bonds is 9. The fraction of sp³-hybridized carbons (Fsp3) is 0.931. The maximum absolute atomic E-state index is 11.6. The van der Waals surface area contributed by atoms with Gasteiger partial charge >= 0.3 is 0 Å². The van der Waals surface area contributed by atoms with E-state index in [1.807, 2.05) is 20.9 Å². The van der Waals surface area contributed by atoms with Crippen molar-refractivity contribution in [2.24, 2.45) is 11.8 Å². The zero-order valence-electron chi connectivity index (χ0n) is 24.3. The van der Waals surface area contributed by atoms with E-state index in [-0.39, 0.29) is 31.7 Å². The summed E-state index contributed by atoms with van der Waals surface area (Å²) in [5.41, 5.74) is 0. The number of ether oxygens (including phenoxy) is 2. The predicted octanol–water partition coefficient (Wildman–Crippen LogP) is 5.42. The van der Waals surface area contributed by atoms with E-state index in [4.69, 9.17) is 9.47 Å². The van der Waals surface area contributed by atoms with Crippen LogP contribution in [0.3, 0.4) is 0 Å². The largest absolute Gasteiger partial charge is 0.378 e. The molecule has 36 heavy (non-hydrogen) atoms. The molecule has 2 amide bonds. The Morgan fingerprint density at radius 2 is 1.61 bits per heavy atom. The Bertz CT molecular complexity index is 543. The van der Waals surface area contributed by atoms with Crippen LogP contribution in [0.4, 0.5) is 0 Å². The number of likely N-dealkylation sites (N-methyl/N-ethyl adjacent to an activating group) is 1. The first-order valence-corrected chi connectivity index (χ1v) is 14.0. The molecule has 2 unspecified atom stereocenters. The van der Waals surface area contributed by atoms with E-state index in [2.05, 4.69) is 45.3 Å². The number of carbonyl (C=O) groups is 2. The van der Waals surface area contributed by atoms with E-state index in [9.17, 15) is 9.59 Å². The highest BCUT2D eigenvalue weighted by Crippen LogP contribution is 2.19. The van der Waals surface area contributed by atoms with Gasteiger partial charge in [0.25, 0.3) is 0 Å². The monoisotopic (exact) mass is 515 g/mol. The topological polar surface area (TPSA) is 79.9 Å². The van der Waals surface area contributed by atoms with Crippen LogP contribution in [0, 0.1) is 11.8 Å². The van der Waals surface area contributed by atoms with Crippen molar-refractivity contribution in [2.75, 3.05) is 33.8 Å². The molecule has 2 rings (SSSR count). The molecule has 2 aliphatic heterocycles. The van der Waals surface area contributed by atoms with Gasteiger partial charge in [-0.25, -0.2) is 0 Å². The van der Waals surface area contributed by atoms with Gasteiger partial charge in [0.05, 0.1) is 24.9 Å². The van der Waals surface area contributed by atoms with E-state index in [0.29, 0.717) is 24.4 Å². The van der Waals surface area contributed by atoms with E-state index < -0.39 is 0 Å². The molecule has 0 spiro atoms. The zero-order chi connectivity index (χ0) is 26.8. The lowest BCUT2D eigenvalue weighted by Crippen LogP contribution is -2.40. The van der Waals surface area contributed by atoms with Crippen molar-refractivity contribution in [3.8, 4) is 0 Å². The maximum Gasteiger partial charge on any atom is 0.241 e. The minimum Gasteiger partial charge on any atom is -0.378 e. The van der Waals surface area contributed by atoms with Crippen molar-refractivity contribution < 1.29 is 19.1 Å². The van der Waals surface area contributed by atoms with Crippen LogP contribution in [0.25, 0.3) is 0 Å². The molecule has 0 aromatic heterocycles. The van der Waals surface area contributed by atoms with Gasteiger partial charge in [0.2, 0.25) is 11.8 Å². The molecule has 0 radical (unpaired) electrons. The van der Waals surface area contributed by atoms with Gasteiger partial charge in [0.15, 0.2) is 0 Å². The summed E-state index contributed by atoms with van der Waals surface area (Å²) in [6.45, 7) is 16.6. The number of carbonyl (C=O) groups excluding carboxylic acids is 2. The third-order valence-corrected chi connectivity index (χ3v) is 6.71. The first kappa shape index (κ1) is 37.0. The summed E-state index contributed by atoms with van der Waals surface area (Å²) in [7, 11) is 3.80. The second-order valence-corrected chi connectivity index (χ2v) is 10.6. The average molecular weight is 516 g/mol. The van der Waals surface area contributed by atoms with Crippen LogP contribution >= 0.6 is 0 Å². The number of hydrogen-bond acceptors (Lipinski definition) is 5. The number of hydrogen-bond donors (Lipinski definition) is 2. The fourth-order valence-electron chi connectivity index (χ4n) is 4.42. The standard InChI is InChI=1S/C13H26N2O2.C8H17NO.C7H14O.CH4/c1-5-7-9-15(4)12(16)10-14-13(17)11(3)8-6-2;1-6-4-8(9-3)5-7(2)10-6;1-6-3-4-8-7(2)5-6;/h11H,5-10H2,1-4H3,(H,14,17);6-9H,4-5H2,1-3H3;6-7H,3-5H2,1-2H3;1H4/t11-;6-,7?,8?;6-,7-;/m100./s1. The molecule has 2 saturated heterocycles. The van der Waals surface area contributed by atoms with Crippen molar-refractivity contribution >= 4 is 11.8 Å². The molecule has 2 N–H and O–H groups in total. The molecule has 216 valence electrons. The Kier molecular flexibility index (Phi) is 22.5. The van der Waals surface area contributed by atoms with Crippen LogP contribution in [-0.2, 0) is 19.1 Å². The van der Waals surface area contributed by atoms with Crippen LogP contribution in [0.1, 0.15) is 107 Å². The van der Waals surface area contributed by atoms with Crippen LogP contribution < -0.4 is 10.6 Å². The summed E-state index contributed by atoms with van der Waals surface area (Å²) in [6.07, 6.45) is 10.1. The normalized spacial score (nSPS) is 26.1. The number of nitrogens with zero attached hydrogens (tertiary/aromatic N) is 1.